The number of nitrogen functional groups attached to an aromatic ring is 1. The lowest BCUT2D eigenvalue weighted by molar-refractivity contribution is 0.521. The van der Waals surface area contributed by atoms with Crippen molar-refractivity contribution in [2.45, 2.75) is 4.90 Å². The summed E-state index contributed by atoms with van der Waals surface area (Å²) < 4.78 is 25.1. The summed E-state index contributed by atoms with van der Waals surface area (Å²) in [7, 11) is 3.36. The minimum absolute atomic E-state index is 0.209. The number of nitrogens with two attached hydrogens (primary N) is 1. The highest BCUT2D eigenvalue weighted by Gasteiger charge is 2.18. The van der Waals surface area contributed by atoms with E-state index in [0.717, 1.165) is 18.8 Å². The first-order valence-corrected chi connectivity index (χ1v) is 7.42. The third-order valence-corrected chi connectivity index (χ3v) is 4.70. The average molecular weight is 286 g/mol. The average Bonchev–Trinajstić information content (AvgIpc) is 2.35. The van der Waals surface area contributed by atoms with Crippen LogP contribution in [-0.4, -0.2) is 54.0 Å². The minimum atomic E-state index is -3.44. The molecule has 0 fully saturated rings. The summed E-state index contributed by atoms with van der Waals surface area (Å²) >= 11 is 0. The molecule has 6 nitrogen and oxygen atoms in total. The van der Waals surface area contributed by atoms with Crippen molar-refractivity contribution in [2.75, 3.05) is 51.9 Å². The second-order valence-electron chi connectivity index (χ2n) is 4.53. The van der Waals surface area contributed by atoms with Crippen molar-refractivity contribution in [3.8, 4) is 0 Å². The number of hydrogen-bond donors (Lipinski definition) is 2. The quantitative estimate of drug-likeness (QED) is 0.729. The maximum atomic E-state index is 12.0. The highest BCUT2D eigenvalue weighted by molar-refractivity contribution is 7.89. The van der Waals surface area contributed by atoms with E-state index in [-0.39, 0.29) is 4.90 Å². The van der Waals surface area contributed by atoms with Gasteiger partial charge in [-0.1, -0.05) is 0 Å². The first kappa shape index (κ1) is 15.7. The first-order valence-electron chi connectivity index (χ1n) is 5.98. The van der Waals surface area contributed by atoms with Gasteiger partial charge in [-0.25, -0.2) is 12.7 Å². The zero-order valence-corrected chi connectivity index (χ0v) is 12.7. The summed E-state index contributed by atoms with van der Waals surface area (Å²) in [5, 5.41) is 3.05. The Hall–Kier alpha value is -1.31. The Bertz CT molecular complexity index is 529. The third kappa shape index (κ3) is 3.59. The van der Waals surface area contributed by atoms with Crippen LogP contribution in [0.2, 0.25) is 0 Å². The van der Waals surface area contributed by atoms with Crippen LogP contribution >= 0.6 is 0 Å². The number of anilines is 2. The monoisotopic (exact) mass is 286 g/mol. The van der Waals surface area contributed by atoms with E-state index in [1.54, 1.807) is 12.1 Å². The molecule has 1 rings (SSSR count). The summed E-state index contributed by atoms with van der Waals surface area (Å²) in [5.41, 5.74) is 7.23. The topological polar surface area (TPSA) is 78.7 Å². The predicted molar refractivity (Wildman–Crippen MR) is 78.9 cm³/mol. The normalized spacial score (nSPS) is 11.8. The van der Waals surface area contributed by atoms with Gasteiger partial charge < -0.3 is 16.0 Å². The van der Waals surface area contributed by atoms with Gasteiger partial charge in [0.05, 0.1) is 16.3 Å². The summed E-state index contributed by atoms with van der Waals surface area (Å²) in [5.74, 6) is 0. The fourth-order valence-electron chi connectivity index (χ4n) is 1.65. The van der Waals surface area contributed by atoms with Gasteiger partial charge in [0.1, 0.15) is 0 Å². The summed E-state index contributed by atoms with van der Waals surface area (Å²) in [6, 6.07) is 4.82. The van der Waals surface area contributed by atoms with Crippen molar-refractivity contribution in [3.63, 3.8) is 0 Å². The van der Waals surface area contributed by atoms with Crippen LogP contribution in [0, 0.1) is 0 Å². The van der Waals surface area contributed by atoms with Crippen molar-refractivity contribution in [1.82, 2.24) is 9.62 Å². The van der Waals surface area contributed by atoms with Crippen molar-refractivity contribution in [2.24, 2.45) is 0 Å². The van der Waals surface area contributed by atoms with Crippen LogP contribution < -0.4 is 16.0 Å². The predicted octanol–water partition coefficient (Wildman–Crippen LogP) is 0.175. The van der Waals surface area contributed by atoms with Gasteiger partial charge in [-0.2, -0.15) is 0 Å². The van der Waals surface area contributed by atoms with Crippen LogP contribution in [0.1, 0.15) is 0 Å². The molecule has 0 atom stereocenters. The number of nitrogens with one attached hydrogen (secondary N) is 1. The fourth-order valence-corrected chi connectivity index (χ4v) is 2.59. The van der Waals surface area contributed by atoms with E-state index < -0.39 is 10.0 Å². The number of sulfonamides is 1. The van der Waals surface area contributed by atoms with Crippen molar-refractivity contribution in [1.29, 1.82) is 0 Å². The van der Waals surface area contributed by atoms with E-state index in [1.165, 1.54) is 24.5 Å². The van der Waals surface area contributed by atoms with E-state index in [0.29, 0.717) is 5.69 Å². The molecule has 0 aliphatic heterocycles. The van der Waals surface area contributed by atoms with Gasteiger partial charge in [-0.3, -0.25) is 0 Å². The van der Waals surface area contributed by atoms with Gasteiger partial charge in [0.25, 0.3) is 0 Å². The number of hydrogen-bond acceptors (Lipinski definition) is 5. The largest absolute Gasteiger partial charge is 0.397 e. The van der Waals surface area contributed by atoms with E-state index in [9.17, 15) is 8.42 Å². The third-order valence-electron chi connectivity index (χ3n) is 2.89. The van der Waals surface area contributed by atoms with Gasteiger partial charge in [-0.05, 0) is 25.2 Å². The SMILES string of the molecule is CNCCN(C)c1ccc(S(=O)(=O)N(C)C)cc1N. The van der Waals surface area contributed by atoms with Crippen LogP contribution in [0.25, 0.3) is 0 Å². The lowest BCUT2D eigenvalue weighted by atomic mass is 10.2. The van der Waals surface area contributed by atoms with Gasteiger partial charge in [0.15, 0.2) is 0 Å². The summed E-state index contributed by atoms with van der Waals surface area (Å²) in [6.45, 7) is 1.62. The molecule has 0 aliphatic rings. The lowest BCUT2D eigenvalue weighted by Gasteiger charge is -2.22. The molecule has 0 aliphatic carbocycles. The minimum Gasteiger partial charge on any atom is -0.397 e. The maximum absolute atomic E-state index is 12.0. The van der Waals surface area contributed by atoms with Crippen LogP contribution in [0.15, 0.2) is 23.1 Å². The Labute approximate surface area is 115 Å². The number of likely N-dealkylation sites (N-methyl/N-ethyl adjacent to an activating group) is 2. The second kappa shape index (κ2) is 6.23. The van der Waals surface area contributed by atoms with E-state index in [4.69, 9.17) is 5.73 Å². The molecular formula is C12H22N4O2S. The van der Waals surface area contributed by atoms with Crippen LogP contribution in [-0.2, 0) is 10.0 Å². The smallest absolute Gasteiger partial charge is 0.242 e. The van der Waals surface area contributed by atoms with E-state index in [1.807, 2.05) is 19.0 Å². The molecular weight excluding hydrogens is 264 g/mol. The Kier molecular flexibility index (Phi) is 5.16. The molecule has 0 heterocycles. The van der Waals surface area contributed by atoms with Gasteiger partial charge in [0.2, 0.25) is 10.0 Å². The highest BCUT2D eigenvalue weighted by Crippen LogP contribution is 2.26. The zero-order chi connectivity index (χ0) is 14.6. The van der Waals surface area contributed by atoms with Gasteiger partial charge in [0, 0.05) is 34.2 Å². The molecule has 0 radical (unpaired) electrons. The molecule has 19 heavy (non-hydrogen) atoms. The molecule has 108 valence electrons. The fraction of sp³-hybridized carbons (Fsp3) is 0.500. The molecule has 0 unspecified atom stereocenters. The molecule has 0 bridgehead atoms. The first-order chi connectivity index (χ1) is 8.80. The molecule has 0 spiro atoms. The molecule has 0 saturated heterocycles. The van der Waals surface area contributed by atoms with Crippen LogP contribution in [0.4, 0.5) is 11.4 Å². The molecule has 1 aromatic rings. The molecule has 0 amide bonds. The molecule has 0 aromatic heterocycles. The Balaban J connectivity index is 3.05. The van der Waals surface area contributed by atoms with Gasteiger partial charge in [-0.15, -0.1) is 0 Å². The van der Waals surface area contributed by atoms with Gasteiger partial charge >= 0.3 is 0 Å². The standard InChI is InChI=1S/C12H22N4O2S/c1-14-7-8-16(4)12-6-5-10(9-11(12)13)19(17,18)15(2)3/h5-6,9,14H,7-8,13H2,1-4H3. The van der Waals surface area contributed by atoms with E-state index >= 15 is 0 Å². The summed E-state index contributed by atoms with van der Waals surface area (Å²) in [4.78, 5) is 2.19. The number of rotatable bonds is 6. The highest BCUT2D eigenvalue weighted by atomic mass is 32.2. The Morgan fingerprint density at radius 2 is 1.89 bits per heavy atom. The molecule has 7 heteroatoms. The van der Waals surface area contributed by atoms with Crippen LogP contribution in [0.5, 0.6) is 0 Å². The molecule has 1 aromatic carbocycles. The lowest BCUT2D eigenvalue weighted by Crippen LogP contribution is -2.28. The Morgan fingerprint density at radius 1 is 1.26 bits per heavy atom. The number of benzene rings is 1. The number of nitrogens with zero attached hydrogens (tertiary/aromatic N) is 2. The van der Waals surface area contributed by atoms with Crippen molar-refractivity contribution >= 4 is 21.4 Å². The van der Waals surface area contributed by atoms with Crippen molar-refractivity contribution in [3.05, 3.63) is 18.2 Å². The molecule has 3 N–H and O–H groups in total. The van der Waals surface area contributed by atoms with Crippen molar-refractivity contribution < 1.29 is 8.42 Å². The van der Waals surface area contributed by atoms with Crippen LogP contribution in [0.3, 0.4) is 0 Å². The summed E-state index contributed by atoms with van der Waals surface area (Å²) in [6.07, 6.45) is 0. The zero-order valence-electron chi connectivity index (χ0n) is 11.8. The Morgan fingerprint density at radius 3 is 2.37 bits per heavy atom. The maximum Gasteiger partial charge on any atom is 0.242 e. The second-order valence-corrected chi connectivity index (χ2v) is 6.68. The molecule has 0 saturated carbocycles. The van der Waals surface area contributed by atoms with E-state index in [2.05, 4.69) is 5.32 Å².